The molecule has 5 rings (SSSR count). The fourth-order valence-electron chi connectivity index (χ4n) is 4.47. The van der Waals surface area contributed by atoms with Crippen LogP contribution in [0, 0.1) is 13.8 Å². The number of amides is 1. The van der Waals surface area contributed by atoms with E-state index in [0.717, 1.165) is 36.2 Å². The lowest BCUT2D eigenvalue weighted by Gasteiger charge is -2.30. The minimum absolute atomic E-state index is 0.0170. The molecular weight excluding hydrogens is 438 g/mol. The molecule has 35 heavy (non-hydrogen) atoms. The van der Waals surface area contributed by atoms with Crippen molar-refractivity contribution in [3.05, 3.63) is 95.3 Å². The van der Waals surface area contributed by atoms with E-state index >= 15 is 0 Å². The summed E-state index contributed by atoms with van der Waals surface area (Å²) in [6, 6.07) is 18.6. The lowest BCUT2D eigenvalue weighted by atomic mass is 9.98. The smallest absolute Gasteiger partial charge is 0.246 e. The second-order valence-electron chi connectivity index (χ2n) is 9.12. The average Bonchev–Trinajstić information content (AvgIpc) is 3.50. The van der Waals surface area contributed by atoms with Gasteiger partial charge in [0.25, 0.3) is 0 Å². The van der Waals surface area contributed by atoms with Crippen LogP contribution in [-0.2, 0) is 11.3 Å². The van der Waals surface area contributed by atoms with Gasteiger partial charge in [-0.1, -0.05) is 65.3 Å². The van der Waals surface area contributed by atoms with Crippen molar-refractivity contribution in [3.63, 3.8) is 0 Å². The predicted octanol–water partition coefficient (Wildman–Crippen LogP) is 5.02. The Hall–Kier alpha value is -4.00. The molecule has 178 valence electrons. The first-order valence-corrected chi connectivity index (χ1v) is 12.0. The predicted molar refractivity (Wildman–Crippen MR) is 135 cm³/mol. The number of benzene rings is 2. The maximum absolute atomic E-state index is 13.1. The first kappa shape index (κ1) is 22.8. The van der Waals surface area contributed by atoms with Gasteiger partial charge in [0.15, 0.2) is 5.82 Å². The fraction of sp³-hybridized carbons (Fsp3) is 0.286. The monoisotopic (exact) mass is 467 g/mol. The Morgan fingerprint density at radius 3 is 2.66 bits per heavy atom. The van der Waals surface area contributed by atoms with Gasteiger partial charge in [0.2, 0.25) is 11.8 Å². The highest BCUT2D eigenvalue weighted by Crippen LogP contribution is 2.27. The number of nitrogens with zero attached hydrogens (tertiary/aromatic N) is 5. The van der Waals surface area contributed by atoms with Crippen molar-refractivity contribution < 1.29 is 9.32 Å². The summed E-state index contributed by atoms with van der Waals surface area (Å²) in [4.78, 5) is 19.3. The standard InChI is InChI=1S/C28H29N5O2/c1-20-10-12-23(13-11-20)27-24(19-33(30-27)17-22-7-4-3-5-8-22)14-15-26(34)32-16-6-9-25(18-32)28-29-21(2)31-35-28/h3-5,7-8,10-15,19,25H,6,9,16-18H2,1-2H3/b15-14+. The Balaban J connectivity index is 1.37. The van der Waals surface area contributed by atoms with Gasteiger partial charge in [0.05, 0.1) is 18.2 Å². The van der Waals surface area contributed by atoms with Crippen LogP contribution in [0.4, 0.5) is 0 Å². The van der Waals surface area contributed by atoms with E-state index in [9.17, 15) is 4.79 Å². The van der Waals surface area contributed by atoms with Crippen molar-refractivity contribution in [2.75, 3.05) is 13.1 Å². The zero-order chi connectivity index (χ0) is 24.2. The van der Waals surface area contributed by atoms with E-state index in [1.807, 2.05) is 47.0 Å². The van der Waals surface area contributed by atoms with Crippen LogP contribution in [0.15, 0.2) is 71.4 Å². The first-order valence-electron chi connectivity index (χ1n) is 12.0. The molecule has 0 spiro atoms. The third-order valence-corrected chi connectivity index (χ3v) is 6.33. The molecule has 3 heterocycles. The minimum atomic E-state index is -0.0170. The number of likely N-dealkylation sites (tertiary alicyclic amines) is 1. The molecule has 1 saturated heterocycles. The molecule has 1 atom stereocenters. The number of aryl methyl sites for hydroxylation is 2. The molecule has 1 aliphatic rings. The second-order valence-corrected chi connectivity index (χ2v) is 9.12. The van der Waals surface area contributed by atoms with Gasteiger partial charge in [0.1, 0.15) is 0 Å². The summed E-state index contributed by atoms with van der Waals surface area (Å²) in [7, 11) is 0. The van der Waals surface area contributed by atoms with Crippen molar-refractivity contribution >= 4 is 12.0 Å². The van der Waals surface area contributed by atoms with Crippen LogP contribution in [0.25, 0.3) is 17.3 Å². The molecule has 4 aromatic rings. The van der Waals surface area contributed by atoms with Crippen LogP contribution in [-0.4, -0.2) is 43.8 Å². The molecule has 1 amide bonds. The van der Waals surface area contributed by atoms with E-state index in [4.69, 9.17) is 9.62 Å². The molecule has 7 nitrogen and oxygen atoms in total. The van der Waals surface area contributed by atoms with Crippen molar-refractivity contribution in [2.24, 2.45) is 0 Å². The maximum atomic E-state index is 13.1. The first-order chi connectivity index (χ1) is 17.0. The Kier molecular flexibility index (Phi) is 6.57. The highest BCUT2D eigenvalue weighted by molar-refractivity contribution is 5.93. The summed E-state index contributed by atoms with van der Waals surface area (Å²) in [5.41, 5.74) is 5.18. The molecule has 0 radical (unpaired) electrons. The van der Waals surface area contributed by atoms with Crippen LogP contribution in [0.3, 0.4) is 0 Å². The highest BCUT2D eigenvalue weighted by Gasteiger charge is 2.27. The molecule has 0 bridgehead atoms. The van der Waals surface area contributed by atoms with E-state index in [-0.39, 0.29) is 11.8 Å². The number of rotatable bonds is 6. The maximum Gasteiger partial charge on any atom is 0.246 e. The quantitative estimate of drug-likeness (QED) is 0.372. The molecule has 2 aromatic heterocycles. The number of aromatic nitrogens is 4. The summed E-state index contributed by atoms with van der Waals surface area (Å²) in [6.45, 7) is 5.86. The van der Waals surface area contributed by atoms with Crippen molar-refractivity contribution in [2.45, 2.75) is 39.2 Å². The number of hydrogen-bond acceptors (Lipinski definition) is 5. The third kappa shape index (κ3) is 5.40. The molecular formula is C28H29N5O2. The Morgan fingerprint density at radius 2 is 1.91 bits per heavy atom. The van der Waals surface area contributed by atoms with E-state index in [2.05, 4.69) is 53.5 Å². The van der Waals surface area contributed by atoms with Crippen LogP contribution in [0.2, 0.25) is 0 Å². The Labute approximate surface area is 205 Å². The number of hydrogen-bond donors (Lipinski definition) is 0. The van der Waals surface area contributed by atoms with E-state index < -0.39 is 0 Å². The van der Waals surface area contributed by atoms with E-state index in [1.54, 1.807) is 6.08 Å². The summed E-state index contributed by atoms with van der Waals surface area (Å²) in [5, 5.41) is 8.76. The fourth-order valence-corrected chi connectivity index (χ4v) is 4.47. The van der Waals surface area contributed by atoms with Crippen LogP contribution in [0.5, 0.6) is 0 Å². The zero-order valence-electron chi connectivity index (χ0n) is 20.1. The Morgan fingerprint density at radius 1 is 1.11 bits per heavy atom. The molecule has 1 fully saturated rings. The summed E-state index contributed by atoms with van der Waals surface area (Å²) >= 11 is 0. The summed E-state index contributed by atoms with van der Waals surface area (Å²) in [6.07, 6.45) is 7.40. The van der Waals surface area contributed by atoms with Crippen molar-refractivity contribution in [1.82, 2.24) is 24.8 Å². The topological polar surface area (TPSA) is 77.1 Å². The lowest BCUT2D eigenvalue weighted by molar-refractivity contribution is -0.127. The molecule has 7 heteroatoms. The molecule has 1 unspecified atom stereocenters. The van der Waals surface area contributed by atoms with Gasteiger partial charge >= 0.3 is 0 Å². The SMILES string of the molecule is Cc1ccc(-c2nn(Cc3ccccc3)cc2/C=C/C(=O)N2CCCC(c3nc(C)no3)C2)cc1. The van der Waals surface area contributed by atoms with Crippen LogP contribution < -0.4 is 0 Å². The molecule has 1 aliphatic heterocycles. The van der Waals surface area contributed by atoms with Gasteiger partial charge in [-0.3, -0.25) is 9.48 Å². The van der Waals surface area contributed by atoms with Gasteiger partial charge in [-0.05, 0) is 38.3 Å². The van der Waals surface area contributed by atoms with Gasteiger partial charge in [0, 0.05) is 36.5 Å². The number of carbonyl (C=O) groups excluding carboxylic acids is 1. The van der Waals surface area contributed by atoms with Crippen LogP contribution in [0.1, 0.15) is 47.2 Å². The van der Waals surface area contributed by atoms with Gasteiger partial charge in [-0.15, -0.1) is 0 Å². The van der Waals surface area contributed by atoms with Crippen LogP contribution >= 0.6 is 0 Å². The van der Waals surface area contributed by atoms with Gasteiger partial charge in [-0.2, -0.15) is 10.1 Å². The molecule has 0 aliphatic carbocycles. The lowest BCUT2D eigenvalue weighted by Crippen LogP contribution is -2.38. The van der Waals surface area contributed by atoms with E-state index in [1.165, 1.54) is 11.1 Å². The highest BCUT2D eigenvalue weighted by atomic mass is 16.5. The second kappa shape index (κ2) is 10.1. The largest absolute Gasteiger partial charge is 0.339 e. The summed E-state index contributed by atoms with van der Waals surface area (Å²) in [5.74, 6) is 1.31. The van der Waals surface area contributed by atoms with E-state index in [0.29, 0.717) is 24.8 Å². The third-order valence-electron chi connectivity index (χ3n) is 6.33. The normalized spacial score (nSPS) is 16.2. The summed E-state index contributed by atoms with van der Waals surface area (Å²) < 4.78 is 7.29. The zero-order valence-corrected chi connectivity index (χ0v) is 20.1. The van der Waals surface area contributed by atoms with Gasteiger partial charge in [-0.25, -0.2) is 0 Å². The van der Waals surface area contributed by atoms with Crippen molar-refractivity contribution in [3.8, 4) is 11.3 Å². The minimum Gasteiger partial charge on any atom is -0.339 e. The molecule has 0 saturated carbocycles. The van der Waals surface area contributed by atoms with Gasteiger partial charge < -0.3 is 9.42 Å². The number of piperidine rings is 1. The average molecular weight is 468 g/mol. The molecule has 0 N–H and O–H groups in total. The van der Waals surface area contributed by atoms with Crippen molar-refractivity contribution in [1.29, 1.82) is 0 Å². The number of carbonyl (C=O) groups is 1. The molecule has 2 aromatic carbocycles. The Bertz CT molecular complexity index is 1320.